The van der Waals surface area contributed by atoms with Crippen molar-refractivity contribution in [2.45, 2.75) is 46.5 Å². The summed E-state index contributed by atoms with van der Waals surface area (Å²) in [7, 11) is 0. The summed E-state index contributed by atoms with van der Waals surface area (Å²) in [6.45, 7) is 6.47. The van der Waals surface area contributed by atoms with Gasteiger partial charge in [-0.2, -0.15) is 0 Å². The van der Waals surface area contributed by atoms with Gasteiger partial charge in [-0.15, -0.1) is 0 Å². The van der Waals surface area contributed by atoms with E-state index in [0.717, 1.165) is 11.1 Å². The molecule has 0 radical (unpaired) electrons. The van der Waals surface area contributed by atoms with E-state index in [2.05, 4.69) is 75.1 Å². The molecule has 0 aromatic heterocycles. The van der Waals surface area contributed by atoms with Crippen molar-refractivity contribution in [2.24, 2.45) is 0 Å². The van der Waals surface area contributed by atoms with Gasteiger partial charge in [-0.25, -0.2) is 0 Å². The lowest BCUT2D eigenvalue weighted by Gasteiger charge is -2.00. The summed E-state index contributed by atoms with van der Waals surface area (Å²) in [5.41, 5.74) is 6.14. The minimum Gasteiger partial charge on any atom is -0.0654 e. The second-order valence-electron chi connectivity index (χ2n) is 5.78. The lowest BCUT2D eigenvalue weighted by atomic mass is 10.0. The van der Waals surface area contributed by atoms with E-state index in [1.54, 1.807) is 0 Å². The van der Waals surface area contributed by atoms with Crippen LogP contribution in [0.25, 0.3) is 0 Å². The predicted octanol–water partition coefficient (Wildman–Crippen LogP) is 5.44. The SMILES string of the molecule is CCCCCc1ccc(C#Cc2cc(C)cc(C)c2)cc1. The van der Waals surface area contributed by atoms with Crippen LogP contribution < -0.4 is 0 Å². The average molecular weight is 276 g/mol. The van der Waals surface area contributed by atoms with Crippen molar-refractivity contribution in [3.63, 3.8) is 0 Å². The Hall–Kier alpha value is -2.00. The second kappa shape index (κ2) is 7.70. The zero-order valence-corrected chi connectivity index (χ0v) is 13.4. The highest BCUT2D eigenvalue weighted by atomic mass is 14.0. The minimum atomic E-state index is 1.09. The van der Waals surface area contributed by atoms with Gasteiger partial charge in [0.25, 0.3) is 0 Å². The molecule has 0 saturated heterocycles. The Labute approximate surface area is 129 Å². The van der Waals surface area contributed by atoms with Crippen LogP contribution in [-0.2, 0) is 6.42 Å². The Bertz CT molecular complexity index is 616. The Morgan fingerprint density at radius 2 is 1.38 bits per heavy atom. The fourth-order valence-electron chi connectivity index (χ4n) is 2.53. The van der Waals surface area contributed by atoms with E-state index in [1.807, 2.05) is 0 Å². The number of hydrogen-bond donors (Lipinski definition) is 0. The third-order valence-electron chi connectivity index (χ3n) is 3.60. The number of benzene rings is 2. The topological polar surface area (TPSA) is 0 Å². The molecule has 21 heavy (non-hydrogen) atoms. The smallest absolute Gasteiger partial charge is 0.0254 e. The van der Waals surface area contributed by atoms with Crippen LogP contribution in [0, 0.1) is 25.7 Å². The van der Waals surface area contributed by atoms with Crippen LogP contribution in [0.3, 0.4) is 0 Å². The standard InChI is InChI=1S/C21H24/c1-4-5-6-7-19-8-10-20(11-9-19)12-13-21-15-17(2)14-18(3)16-21/h8-11,14-16H,4-7H2,1-3H3. The van der Waals surface area contributed by atoms with Crippen LogP contribution >= 0.6 is 0 Å². The summed E-state index contributed by atoms with van der Waals surface area (Å²) in [5.74, 6) is 6.52. The molecule has 2 rings (SSSR count). The van der Waals surface area contributed by atoms with Crippen molar-refractivity contribution in [1.82, 2.24) is 0 Å². The zero-order chi connectivity index (χ0) is 15.1. The molecule has 2 aromatic carbocycles. The van der Waals surface area contributed by atoms with Gasteiger partial charge >= 0.3 is 0 Å². The van der Waals surface area contributed by atoms with Crippen molar-refractivity contribution in [3.8, 4) is 11.8 Å². The fourth-order valence-corrected chi connectivity index (χ4v) is 2.53. The summed E-state index contributed by atoms with van der Waals surface area (Å²) in [4.78, 5) is 0. The van der Waals surface area contributed by atoms with Gasteiger partial charge in [-0.05, 0) is 67.6 Å². The molecule has 0 heterocycles. The molecule has 0 aliphatic carbocycles. The Morgan fingerprint density at radius 3 is 2.00 bits per heavy atom. The number of unbranched alkanes of at least 4 members (excludes halogenated alkanes) is 2. The van der Waals surface area contributed by atoms with E-state index in [0.29, 0.717) is 0 Å². The van der Waals surface area contributed by atoms with Gasteiger partial charge in [0.2, 0.25) is 0 Å². The molecular weight excluding hydrogens is 252 g/mol. The molecule has 0 N–H and O–H groups in total. The first-order valence-electron chi connectivity index (χ1n) is 7.86. The first-order chi connectivity index (χ1) is 10.2. The van der Waals surface area contributed by atoms with Gasteiger partial charge in [-0.3, -0.25) is 0 Å². The molecule has 0 atom stereocenters. The van der Waals surface area contributed by atoms with Gasteiger partial charge in [0.05, 0.1) is 0 Å². The third kappa shape index (κ3) is 5.12. The molecule has 0 fully saturated rings. The van der Waals surface area contributed by atoms with Crippen molar-refractivity contribution in [3.05, 3.63) is 70.3 Å². The Kier molecular flexibility index (Phi) is 5.64. The third-order valence-corrected chi connectivity index (χ3v) is 3.60. The number of aryl methyl sites for hydroxylation is 3. The first-order valence-corrected chi connectivity index (χ1v) is 7.86. The highest BCUT2D eigenvalue weighted by Crippen LogP contribution is 2.10. The van der Waals surface area contributed by atoms with Crippen LogP contribution in [0.5, 0.6) is 0 Å². The summed E-state index contributed by atoms with van der Waals surface area (Å²) >= 11 is 0. The van der Waals surface area contributed by atoms with E-state index >= 15 is 0 Å². The Balaban J connectivity index is 2.05. The van der Waals surface area contributed by atoms with Crippen LogP contribution in [0.2, 0.25) is 0 Å². The summed E-state index contributed by atoms with van der Waals surface area (Å²) < 4.78 is 0. The molecule has 0 aliphatic heterocycles. The summed E-state index contributed by atoms with van der Waals surface area (Å²) in [5, 5.41) is 0. The molecule has 0 unspecified atom stereocenters. The normalized spacial score (nSPS) is 10.0. The van der Waals surface area contributed by atoms with Crippen molar-refractivity contribution >= 4 is 0 Å². The van der Waals surface area contributed by atoms with Gasteiger partial charge < -0.3 is 0 Å². The molecule has 0 amide bonds. The number of rotatable bonds is 4. The van der Waals surface area contributed by atoms with Crippen LogP contribution in [0.1, 0.15) is 54.0 Å². The maximum Gasteiger partial charge on any atom is 0.0254 e. The van der Waals surface area contributed by atoms with E-state index in [9.17, 15) is 0 Å². The van der Waals surface area contributed by atoms with Crippen LogP contribution in [-0.4, -0.2) is 0 Å². The van der Waals surface area contributed by atoms with Gasteiger partial charge in [-0.1, -0.05) is 49.8 Å². The molecule has 0 saturated carbocycles. The predicted molar refractivity (Wildman–Crippen MR) is 91.6 cm³/mol. The van der Waals surface area contributed by atoms with E-state index in [1.165, 1.54) is 42.4 Å². The monoisotopic (exact) mass is 276 g/mol. The second-order valence-corrected chi connectivity index (χ2v) is 5.78. The Morgan fingerprint density at radius 1 is 0.762 bits per heavy atom. The van der Waals surface area contributed by atoms with E-state index in [-0.39, 0.29) is 0 Å². The summed E-state index contributed by atoms with van der Waals surface area (Å²) in [6, 6.07) is 15.1. The van der Waals surface area contributed by atoms with Gasteiger partial charge in [0.15, 0.2) is 0 Å². The highest BCUT2D eigenvalue weighted by Gasteiger charge is 1.94. The van der Waals surface area contributed by atoms with E-state index in [4.69, 9.17) is 0 Å². The fraction of sp³-hybridized carbons (Fsp3) is 0.333. The summed E-state index contributed by atoms with van der Waals surface area (Å²) in [6.07, 6.45) is 5.05. The van der Waals surface area contributed by atoms with Crippen LogP contribution in [0.4, 0.5) is 0 Å². The van der Waals surface area contributed by atoms with Crippen LogP contribution in [0.15, 0.2) is 42.5 Å². The largest absolute Gasteiger partial charge is 0.0654 e. The first kappa shape index (κ1) is 15.4. The molecule has 0 bridgehead atoms. The van der Waals surface area contributed by atoms with Gasteiger partial charge in [0.1, 0.15) is 0 Å². The van der Waals surface area contributed by atoms with Crippen molar-refractivity contribution in [1.29, 1.82) is 0 Å². The highest BCUT2D eigenvalue weighted by molar-refractivity contribution is 5.45. The van der Waals surface area contributed by atoms with Gasteiger partial charge in [0, 0.05) is 11.1 Å². The quantitative estimate of drug-likeness (QED) is 0.515. The number of hydrogen-bond acceptors (Lipinski definition) is 0. The molecular formula is C21H24. The lowest BCUT2D eigenvalue weighted by Crippen LogP contribution is -1.86. The van der Waals surface area contributed by atoms with Crippen molar-refractivity contribution in [2.75, 3.05) is 0 Å². The molecule has 108 valence electrons. The van der Waals surface area contributed by atoms with Crippen molar-refractivity contribution < 1.29 is 0 Å². The van der Waals surface area contributed by atoms with E-state index < -0.39 is 0 Å². The molecule has 0 spiro atoms. The molecule has 0 nitrogen and oxygen atoms in total. The molecule has 2 aromatic rings. The molecule has 0 aliphatic rings. The lowest BCUT2D eigenvalue weighted by molar-refractivity contribution is 0.717. The minimum absolute atomic E-state index is 1.09. The maximum absolute atomic E-state index is 3.26. The molecule has 0 heteroatoms. The average Bonchev–Trinajstić information content (AvgIpc) is 2.46. The maximum atomic E-state index is 3.26. The zero-order valence-electron chi connectivity index (χ0n) is 13.4.